The van der Waals surface area contributed by atoms with E-state index in [1.54, 1.807) is 30.3 Å². The van der Waals surface area contributed by atoms with Gasteiger partial charge in [0.15, 0.2) is 0 Å². The van der Waals surface area contributed by atoms with Crippen LogP contribution in [0.3, 0.4) is 0 Å². The number of rotatable bonds is 4. The van der Waals surface area contributed by atoms with E-state index in [-0.39, 0.29) is 11.7 Å². The molecule has 0 aliphatic rings. The summed E-state index contributed by atoms with van der Waals surface area (Å²) in [7, 11) is 0. The average molecular weight is 328 g/mol. The van der Waals surface area contributed by atoms with Gasteiger partial charge >= 0.3 is 0 Å². The second-order valence-electron chi connectivity index (χ2n) is 5.01. The maximum absolute atomic E-state index is 12.1. The number of aromatic nitrogens is 2. The maximum atomic E-state index is 12.1. The van der Waals surface area contributed by atoms with Crippen LogP contribution in [0.25, 0.3) is 11.4 Å². The van der Waals surface area contributed by atoms with Gasteiger partial charge in [0.25, 0.3) is 5.91 Å². The van der Waals surface area contributed by atoms with Gasteiger partial charge < -0.3 is 15.4 Å². The van der Waals surface area contributed by atoms with Gasteiger partial charge in [-0.05, 0) is 29.8 Å². The molecule has 2 aromatic carbocycles. The largest absolute Gasteiger partial charge is 0.508 e. The molecule has 0 saturated heterocycles. The first-order chi connectivity index (χ1) is 11.1. The maximum Gasteiger partial charge on any atom is 0.269 e. The fourth-order valence-corrected chi connectivity index (χ4v) is 2.35. The molecule has 6 heteroatoms. The number of carbonyl (C=O) groups excluding carboxylic acids is 1. The number of phenols is 1. The summed E-state index contributed by atoms with van der Waals surface area (Å²) < 4.78 is 0. The Hall–Kier alpha value is -2.79. The lowest BCUT2D eigenvalue weighted by molar-refractivity contribution is 0.0946. The van der Waals surface area contributed by atoms with E-state index in [0.29, 0.717) is 23.1 Å². The van der Waals surface area contributed by atoms with E-state index in [1.165, 1.54) is 6.20 Å². The van der Waals surface area contributed by atoms with Gasteiger partial charge in [-0.15, -0.1) is 0 Å². The van der Waals surface area contributed by atoms with Gasteiger partial charge in [0.2, 0.25) is 0 Å². The van der Waals surface area contributed by atoms with Crippen molar-refractivity contribution in [1.29, 1.82) is 0 Å². The van der Waals surface area contributed by atoms with E-state index in [9.17, 15) is 9.90 Å². The highest BCUT2D eigenvalue weighted by Gasteiger charge is 2.10. The second kappa shape index (κ2) is 6.54. The molecule has 0 unspecified atom stereocenters. The van der Waals surface area contributed by atoms with Crippen LogP contribution in [-0.4, -0.2) is 21.0 Å². The summed E-state index contributed by atoms with van der Waals surface area (Å²) in [6.07, 6.45) is 1.48. The summed E-state index contributed by atoms with van der Waals surface area (Å²) in [5.74, 6) is 0.477. The molecule has 0 fully saturated rings. The lowest BCUT2D eigenvalue weighted by Crippen LogP contribution is -2.23. The van der Waals surface area contributed by atoms with Crippen molar-refractivity contribution in [3.63, 3.8) is 0 Å². The number of aromatic hydroxyl groups is 1. The minimum atomic E-state index is -0.269. The van der Waals surface area contributed by atoms with Gasteiger partial charge in [0.1, 0.15) is 17.3 Å². The van der Waals surface area contributed by atoms with Crippen molar-refractivity contribution in [2.75, 3.05) is 0 Å². The SMILES string of the molecule is O=C(NCc1cccc(O)c1)c1cnc(-c2cccc(Cl)c2)[nH]1. The number of amides is 1. The van der Waals surface area contributed by atoms with Crippen molar-refractivity contribution >= 4 is 17.5 Å². The molecule has 0 atom stereocenters. The van der Waals surface area contributed by atoms with Crippen LogP contribution in [0, 0.1) is 0 Å². The lowest BCUT2D eigenvalue weighted by Gasteiger charge is -2.04. The molecule has 0 bridgehead atoms. The summed E-state index contributed by atoms with van der Waals surface area (Å²) in [6, 6.07) is 14.0. The highest BCUT2D eigenvalue weighted by atomic mass is 35.5. The number of hydrogen-bond acceptors (Lipinski definition) is 3. The van der Waals surface area contributed by atoms with E-state index >= 15 is 0 Å². The minimum Gasteiger partial charge on any atom is -0.508 e. The van der Waals surface area contributed by atoms with Crippen LogP contribution in [0.2, 0.25) is 5.02 Å². The fourth-order valence-electron chi connectivity index (χ4n) is 2.16. The predicted octanol–water partition coefficient (Wildman–Crippen LogP) is 3.37. The quantitative estimate of drug-likeness (QED) is 0.687. The number of benzene rings is 2. The highest BCUT2D eigenvalue weighted by Crippen LogP contribution is 2.20. The first kappa shape index (κ1) is 15.1. The number of nitrogens with one attached hydrogen (secondary N) is 2. The van der Waals surface area contributed by atoms with Crippen LogP contribution in [-0.2, 0) is 6.54 Å². The van der Waals surface area contributed by atoms with E-state index in [1.807, 2.05) is 18.2 Å². The lowest BCUT2D eigenvalue weighted by atomic mass is 10.2. The molecule has 23 heavy (non-hydrogen) atoms. The molecule has 0 spiro atoms. The third kappa shape index (κ3) is 3.70. The van der Waals surface area contributed by atoms with Gasteiger partial charge in [-0.2, -0.15) is 0 Å². The minimum absolute atomic E-state index is 0.168. The summed E-state index contributed by atoms with van der Waals surface area (Å²) in [5.41, 5.74) is 1.98. The molecule has 1 amide bonds. The molecule has 0 radical (unpaired) electrons. The molecule has 0 aliphatic heterocycles. The summed E-state index contributed by atoms with van der Waals surface area (Å²) in [5, 5.41) is 12.8. The zero-order chi connectivity index (χ0) is 16.2. The smallest absolute Gasteiger partial charge is 0.269 e. The molecule has 5 nitrogen and oxygen atoms in total. The van der Waals surface area contributed by atoms with Crippen molar-refractivity contribution in [1.82, 2.24) is 15.3 Å². The number of halogens is 1. The predicted molar refractivity (Wildman–Crippen MR) is 88.3 cm³/mol. The van der Waals surface area contributed by atoms with Gasteiger partial charge in [-0.25, -0.2) is 4.98 Å². The average Bonchev–Trinajstić information content (AvgIpc) is 3.03. The molecular formula is C17H14ClN3O2. The summed E-state index contributed by atoms with van der Waals surface area (Å²) in [4.78, 5) is 19.3. The molecule has 116 valence electrons. The Labute approximate surface area is 138 Å². The standard InChI is InChI=1S/C17H14ClN3O2/c18-13-5-2-4-12(8-13)16-19-10-15(21-16)17(23)20-9-11-3-1-6-14(22)7-11/h1-8,10,22H,9H2,(H,19,21)(H,20,23). The van der Waals surface area contributed by atoms with Crippen molar-refractivity contribution < 1.29 is 9.90 Å². The molecule has 3 rings (SSSR count). The second-order valence-corrected chi connectivity index (χ2v) is 5.44. The van der Waals surface area contributed by atoms with E-state index in [0.717, 1.165) is 11.1 Å². The summed E-state index contributed by atoms with van der Waals surface area (Å²) in [6.45, 7) is 0.318. The Bertz CT molecular complexity index is 845. The Morgan fingerprint density at radius 2 is 2.04 bits per heavy atom. The number of hydrogen-bond donors (Lipinski definition) is 3. The highest BCUT2D eigenvalue weighted by molar-refractivity contribution is 6.30. The Morgan fingerprint density at radius 3 is 2.83 bits per heavy atom. The first-order valence-electron chi connectivity index (χ1n) is 6.99. The van der Waals surface area contributed by atoms with Crippen LogP contribution in [0.1, 0.15) is 16.1 Å². The van der Waals surface area contributed by atoms with E-state index in [2.05, 4.69) is 15.3 Å². The van der Waals surface area contributed by atoms with E-state index < -0.39 is 0 Å². The van der Waals surface area contributed by atoms with Gasteiger partial charge in [0.05, 0.1) is 6.20 Å². The van der Waals surface area contributed by atoms with Crippen LogP contribution >= 0.6 is 11.6 Å². The first-order valence-corrected chi connectivity index (χ1v) is 7.36. The molecule has 1 heterocycles. The zero-order valence-corrected chi connectivity index (χ0v) is 12.8. The molecular weight excluding hydrogens is 314 g/mol. The monoisotopic (exact) mass is 327 g/mol. The molecule has 3 N–H and O–H groups in total. The van der Waals surface area contributed by atoms with Crippen molar-refractivity contribution in [3.05, 3.63) is 71.0 Å². The molecule has 0 saturated carbocycles. The van der Waals surface area contributed by atoms with Crippen LogP contribution in [0.15, 0.2) is 54.7 Å². The number of aromatic amines is 1. The van der Waals surface area contributed by atoms with Crippen LogP contribution < -0.4 is 5.32 Å². The number of carbonyl (C=O) groups is 1. The van der Waals surface area contributed by atoms with Crippen LogP contribution in [0.4, 0.5) is 0 Å². The Morgan fingerprint density at radius 1 is 1.22 bits per heavy atom. The normalized spacial score (nSPS) is 10.5. The van der Waals surface area contributed by atoms with Gasteiger partial charge in [-0.1, -0.05) is 35.9 Å². The zero-order valence-electron chi connectivity index (χ0n) is 12.1. The number of phenolic OH excluding ortho intramolecular Hbond substituents is 1. The van der Waals surface area contributed by atoms with Crippen molar-refractivity contribution in [3.8, 4) is 17.1 Å². The van der Waals surface area contributed by atoms with Crippen LogP contribution in [0.5, 0.6) is 5.75 Å². The number of nitrogens with zero attached hydrogens (tertiary/aromatic N) is 1. The van der Waals surface area contributed by atoms with Gasteiger partial charge in [-0.3, -0.25) is 4.79 Å². The van der Waals surface area contributed by atoms with Crippen molar-refractivity contribution in [2.45, 2.75) is 6.54 Å². The Balaban J connectivity index is 1.69. The topological polar surface area (TPSA) is 78.0 Å². The third-order valence-electron chi connectivity index (χ3n) is 3.28. The fraction of sp³-hybridized carbons (Fsp3) is 0.0588. The van der Waals surface area contributed by atoms with Crippen molar-refractivity contribution in [2.24, 2.45) is 0 Å². The van der Waals surface area contributed by atoms with Gasteiger partial charge in [0, 0.05) is 17.1 Å². The molecule has 1 aromatic heterocycles. The summed E-state index contributed by atoms with van der Waals surface area (Å²) >= 11 is 5.95. The van der Waals surface area contributed by atoms with E-state index in [4.69, 9.17) is 11.6 Å². The number of H-pyrrole nitrogens is 1. The Kier molecular flexibility index (Phi) is 4.30. The molecule has 3 aromatic rings. The third-order valence-corrected chi connectivity index (χ3v) is 3.52. The number of imidazole rings is 1. The molecule has 0 aliphatic carbocycles.